The standard InChI is InChI=1S/C15H16N4O2/c1-9(16)12-8-15(20)19-14(17-12)7-13(18-19)10-3-5-11(21-2)6-4-10/h3-9,18H,16H2,1-2H3. The Morgan fingerprint density at radius 2 is 2.00 bits per heavy atom. The maximum Gasteiger partial charge on any atom is 0.272 e. The minimum Gasteiger partial charge on any atom is -0.497 e. The molecule has 0 aliphatic heterocycles. The molecular formula is C15H16N4O2. The Labute approximate surface area is 121 Å². The number of hydrogen-bond donors (Lipinski definition) is 2. The molecule has 0 radical (unpaired) electrons. The average molecular weight is 284 g/mol. The topological polar surface area (TPSA) is 85.4 Å². The molecule has 21 heavy (non-hydrogen) atoms. The molecule has 0 spiro atoms. The largest absolute Gasteiger partial charge is 0.497 e. The molecule has 3 rings (SSSR count). The number of benzene rings is 1. The van der Waals surface area contributed by atoms with Crippen LogP contribution in [0.25, 0.3) is 16.9 Å². The molecule has 0 amide bonds. The molecular weight excluding hydrogens is 268 g/mol. The van der Waals surface area contributed by atoms with E-state index >= 15 is 0 Å². The smallest absolute Gasteiger partial charge is 0.272 e. The summed E-state index contributed by atoms with van der Waals surface area (Å²) in [5.74, 6) is 0.782. The third kappa shape index (κ3) is 2.41. The van der Waals surface area contributed by atoms with Gasteiger partial charge >= 0.3 is 0 Å². The van der Waals surface area contributed by atoms with Gasteiger partial charge in [-0.3, -0.25) is 9.89 Å². The molecule has 3 aromatic rings. The third-order valence-electron chi connectivity index (χ3n) is 3.34. The minimum atomic E-state index is -0.276. The summed E-state index contributed by atoms with van der Waals surface area (Å²) in [7, 11) is 1.62. The highest BCUT2D eigenvalue weighted by molar-refractivity contribution is 5.64. The van der Waals surface area contributed by atoms with E-state index in [1.165, 1.54) is 10.6 Å². The van der Waals surface area contributed by atoms with E-state index in [9.17, 15) is 4.79 Å². The lowest BCUT2D eigenvalue weighted by Gasteiger charge is -2.03. The fourth-order valence-corrected chi connectivity index (χ4v) is 2.16. The molecule has 1 aromatic carbocycles. The number of rotatable bonds is 3. The summed E-state index contributed by atoms with van der Waals surface area (Å²) in [5, 5.41) is 3.04. The quantitative estimate of drug-likeness (QED) is 0.766. The van der Waals surface area contributed by atoms with Crippen LogP contribution in [-0.2, 0) is 0 Å². The second-order valence-corrected chi connectivity index (χ2v) is 4.90. The van der Waals surface area contributed by atoms with Crippen LogP contribution in [0.1, 0.15) is 18.7 Å². The van der Waals surface area contributed by atoms with E-state index in [4.69, 9.17) is 10.5 Å². The Balaban J connectivity index is 2.11. The molecule has 1 unspecified atom stereocenters. The SMILES string of the molecule is COc1ccc(-c2cc3nc(C(C)N)cc(=O)n3[nH]2)cc1. The molecule has 0 aliphatic rings. The maximum atomic E-state index is 12.1. The Hall–Kier alpha value is -2.60. The predicted molar refractivity (Wildman–Crippen MR) is 80.4 cm³/mol. The van der Waals surface area contributed by atoms with Gasteiger partial charge in [-0.05, 0) is 36.8 Å². The first kappa shape index (κ1) is 13.4. The normalized spacial score (nSPS) is 12.5. The van der Waals surface area contributed by atoms with E-state index in [0.29, 0.717) is 11.3 Å². The van der Waals surface area contributed by atoms with Crippen molar-refractivity contribution in [1.82, 2.24) is 14.6 Å². The van der Waals surface area contributed by atoms with Gasteiger partial charge in [0.05, 0.1) is 18.5 Å². The van der Waals surface area contributed by atoms with Gasteiger partial charge in [0.15, 0.2) is 5.65 Å². The zero-order chi connectivity index (χ0) is 15.0. The number of fused-ring (bicyclic) bond motifs is 1. The van der Waals surface area contributed by atoms with Crippen molar-refractivity contribution < 1.29 is 4.74 Å². The molecule has 6 nitrogen and oxygen atoms in total. The van der Waals surface area contributed by atoms with Crippen LogP contribution in [0.4, 0.5) is 0 Å². The van der Waals surface area contributed by atoms with Crippen molar-refractivity contribution in [1.29, 1.82) is 0 Å². The molecule has 0 fully saturated rings. The molecule has 0 saturated carbocycles. The van der Waals surface area contributed by atoms with Crippen molar-refractivity contribution in [3.05, 3.63) is 52.4 Å². The zero-order valence-corrected chi connectivity index (χ0v) is 11.8. The highest BCUT2D eigenvalue weighted by atomic mass is 16.5. The van der Waals surface area contributed by atoms with Gasteiger partial charge in [-0.1, -0.05) is 0 Å². The number of hydrogen-bond acceptors (Lipinski definition) is 4. The van der Waals surface area contributed by atoms with Gasteiger partial charge in [0.2, 0.25) is 0 Å². The summed E-state index contributed by atoms with van der Waals surface area (Å²) in [6, 6.07) is 10.6. The summed E-state index contributed by atoms with van der Waals surface area (Å²) in [5.41, 5.74) is 8.51. The molecule has 1 atom stereocenters. The van der Waals surface area contributed by atoms with Gasteiger partial charge in [0.25, 0.3) is 5.56 Å². The van der Waals surface area contributed by atoms with E-state index in [-0.39, 0.29) is 11.6 Å². The minimum absolute atomic E-state index is 0.174. The lowest BCUT2D eigenvalue weighted by Crippen LogP contribution is -2.18. The molecule has 2 aromatic heterocycles. The van der Waals surface area contributed by atoms with E-state index in [1.54, 1.807) is 14.0 Å². The van der Waals surface area contributed by atoms with Crippen LogP contribution in [-0.4, -0.2) is 21.7 Å². The van der Waals surface area contributed by atoms with Gasteiger partial charge in [0.1, 0.15) is 5.75 Å². The Morgan fingerprint density at radius 3 is 2.62 bits per heavy atom. The summed E-state index contributed by atoms with van der Waals surface area (Å²) in [6.07, 6.45) is 0. The number of methoxy groups -OCH3 is 1. The monoisotopic (exact) mass is 284 g/mol. The number of aromatic amines is 1. The molecule has 6 heteroatoms. The van der Waals surface area contributed by atoms with Crippen LogP contribution in [0.2, 0.25) is 0 Å². The first-order valence-corrected chi connectivity index (χ1v) is 6.61. The van der Waals surface area contributed by atoms with Crippen molar-refractivity contribution in [3.8, 4) is 17.0 Å². The van der Waals surface area contributed by atoms with E-state index < -0.39 is 0 Å². The fourth-order valence-electron chi connectivity index (χ4n) is 2.16. The number of nitrogens with two attached hydrogens (primary N) is 1. The highest BCUT2D eigenvalue weighted by Gasteiger charge is 2.10. The second-order valence-electron chi connectivity index (χ2n) is 4.90. The first-order valence-electron chi connectivity index (χ1n) is 6.61. The Morgan fingerprint density at radius 1 is 1.29 bits per heavy atom. The maximum absolute atomic E-state index is 12.1. The average Bonchev–Trinajstić information content (AvgIpc) is 2.92. The molecule has 0 saturated heterocycles. The van der Waals surface area contributed by atoms with Crippen LogP contribution in [0.15, 0.2) is 41.2 Å². The van der Waals surface area contributed by atoms with Crippen LogP contribution >= 0.6 is 0 Å². The van der Waals surface area contributed by atoms with Gasteiger partial charge < -0.3 is 10.5 Å². The fraction of sp³-hybridized carbons (Fsp3) is 0.200. The van der Waals surface area contributed by atoms with E-state index in [0.717, 1.165) is 17.0 Å². The predicted octanol–water partition coefficient (Wildman–Crippen LogP) is 1.72. The lowest BCUT2D eigenvalue weighted by molar-refractivity contribution is 0.415. The summed E-state index contributed by atoms with van der Waals surface area (Å²) in [6.45, 7) is 1.80. The summed E-state index contributed by atoms with van der Waals surface area (Å²) < 4.78 is 6.54. The van der Waals surface area contributed by atoms with Gasteiger partial charge in [0, 0.05) is 18.2 Å². The van der Waals surface area contributed by atoms with Crippen molar-refractivity contribution in [2.45, 2.75) is 13.0 Å². The van der Waals surface area contributed by atoms with Crippen molar-refractivity contribution in [3.63, 3.8) is 0 Å². The molecule has 0 bridgehead atoms. The number of nitrogens with zero attached hydrogens (tertiary/aromatic N) is 2. The summed E-state index contributed by atoms with van der Waals surface area (Å²) in [4.78, 5) is 16.5. The lowest BCUT2D eigenvalue weighted by atomic mass is 10.1. The third-order valence-corrected chi connectivity index (χ3v) is 3.34. The Kier molecular flexibility index (Phi) is 3.23. The highest BCUT2D eigenvalue weighted by Crippen LogP contribution is 2.21. The number of H-pyrrole nitrogens is 1. The molecule has 2 heterocycles. The van der Waals surface area contributed by atoms with E-state index in [2.05, 4.69) is 10.1 Å². The number of nitrogens with one attached hydrogen (secondary N) is 1. The van der Waals surface area contributed by atoms with Crippen LogP contribution in [0.3, 0.4) is 0 Å². The second kappa shape index (κ2) is 5.06. The number of ether oxygens (including phenoxy) is 1. The summed E-state index contributed by atoms with van der Waals surface area (Å²) >= 11 is 0. The zero-order valence-electron chi connectivity index (χ0n) is 11.8. The van der Waals surface area contributed by atoms with Crippen molar-refractivity contribution in [2.75, 3.05) is 7.11 Å². The van der Waals surface area contributed by atoms with Crippen molar-refractivity contribution >= 4 is 5.65 Å². The van der Waals surface area contributed by atoms with Crippen molar-refractivity contribution in [2.24, 2.45) is 5.73 Å². The van der Waals surface area contributed by atoms with Crippen LogP contribution < -0.4 is 16.0 Å². The first-order chi connectivity index (χ1) is 10.1. The molecule has 108 valence electrons. The van der Waals surface area contributed by atoms with Gasteiger partial charge in [-0.15, -0.1) is 0 Å². The van der Waals surface area contributed by atoms with Gasteiger partial charge in [-0.25, -0.2) is 9.50 Å². The molecule has 0 aliphatic carbocycles. The van der Waals surface area contributed by atoms with Gasteiger partial charge in [-0.2, -0.15) is 0 Å². The molecule has 3 N–H and O–H groups in total. The Bertz CT molecular complexity index is 831. The van der Waals surface area contributed by atoms with Crippen LogP contribution in [0, 0.1) is 0 Å². The van der Waals surface area contributed by atoms with E-state index in [1.807, 2.05) is 30.3 Å². The van der Waals surface area contributed by atoms with Crippen LogP contribution in [0.5, 0.6) is 5.75 Å². The number of aromatic nitrogens is 3.